The lowest BCUT2D eigenvalue weighted by atomic mass is 9.64. The molecule has 2 bridgehead atoms. The standard InChI is InChI=1S/C19H23NOS/c1-3-18-9-11-19(12-10-18,21-13-18)17-16(20-14(2)22-17)15-7-5-4-6-8-15/h4-8H,3,9-13H2,1-2H3. The second kappa shape index (κ2) is 5.17. The first-order valence-electron chi connectivity index (χ1n) is 8.34. The summed E-state index contributed by atoms with van der Waals surface area (Å²) in [4.78, 5) is 6.20. The molecule has 2 aromatic rings. The van der Waals surface area contributed by atoms with Gasteiger partial charge in [0, 0.05) is 5.56 Å². The van der Waals surface area contributed by atoms with Gasteiger partial charge in [-0.3, -0.25) is 0 Å². The van der Waals surface area contributed by atoms with Crippen molar-refractivity contribution in [3.8, 4) is 11.3 Å². The lowest BCUT2D eigenvalue weighted by Gasteiger charge is -2.52. The van der Waals surface area contributed by atoms with Crippen LogP contribution < -0.4 is 0 Å². The van der Waals surface area contributed by atoms with Gasteiger partial charge in [0.25, 0.3) is 0 Å². The second-order valence-corrected chi connectivity index (χ2v) is 8.12. The number of benzene rings is 1. The molecule has 1 aliphatic carbocycles. The van der Waals surface area contributed by atoms with Gasteiger partial charge >= 0.3 is 0 Å². The number of nitrogens with zero attached hydrogens (tertiary/aromatic N) is 1. The number of hydrogen-bond donors (Lipinski definition) is 0. The molecule has 1 aromatic heterocycles. The van der Waals surface area contributed by atoms with E-state index in [2.05, 4.69) is 44.2 Å². The summed E-state index contributed by atoms with van der Waals surface area (Å²) in [5.74, 6) is 0. The monoisotopic (exact) mass is 313 g/mol. The van der Waals surface area contributed by atoms with E-state index < -0.39 is 0 Å². The van der Waals surface area contributed by atoms with E-state index in [1.807, 2.05) is 11.3 Å². The Balaban J connectivity index is 1.75. The maximum atomic E-state index is 6.49. The fourth-order valence-electron chi connectivity index (χ4n) is 4.04. The van der Waals surface area contributed by atoms with Crippen LogP contribution in [0.4, 0.5) is 0 Å². The minimum absolute atomic E-state index is 0.0754. The van der Waals surface area contributed by atoms with E-state index in [4.69, 9.17) is 9.72 Å². The van der Waals surface area contributed by atoms with Gasteiger partial charge in [-0.1, -0.05) is 37.3 Å². The molecule has 3 fully saturated rings. The predicted molar refractivity (Wildman–Crippen MR) is 91.1 cm³/mol. The lowest BCUT2D eigenvalue weighted by molar-refractivity contribution is -0.188. The first kappa shape index (κ1) is 14.4. The smallest absolute Gasteiger partial charge is 0.105 e. The fourth-order valence-corrected chi connectivity index (χ4v) is 5.18. The Labute approximate surface area is 136 Å². The quantitative estimate of drug-likeness (QED) is 0.765. The predicted octanol–water partition coefficient (Wildman–Crippen LogP) is 5.31. The van der Waals surface area contributed by atoms with E-state index in [0.717, 1.165) is 30.2 Å². The van der Waals surface area contributed by atoms with E-state index in [-0.39, 0.29) is 5.60 Å². The molecule has 0 unspecified atom stereocenters. The number of thiazole rings is 1. The summed E-state index contributed by atoms with van der Waals surface area (Å²) in [6.45, 7) is 5.35. The van der Waals surface area contributed by atoms with E-state index in [1.54, 1.807) is 0 Å². The van der Waals surface area contributed by atoms with Crippen molar-refractivity contribution < 1.29 is 4.74 Å². The van der Waals surface area contributed by atoms with Gasteiger partial charge in [-0.15, -0.1) is 11.3 Å². The molecule has 0 N–H and O–H groups in total. The third-order valence-electron chi connectivity index (χ3n) is 5.72. The topological polar surface area (TPSA) is 22.1 Å². The van der Waals surface area contributed by atoms with Crippen molar-refractivity contribution in [1.29, 1.82) is 0 Å². The van der Waals surface area contributed by atoms with Crippen LogP contribution in [0.15, 0.2) is 30.3 Å². The van der Waals surface area contributed by atoms with Crippen LogP contribution in [0.3, 0.4) is 0 Å². The summed E-state index contributed by atoms with van der Waals surface area (Å²) >= 11 is 1.83. The third kappa shape index (κ3) is 2.14. The fraction of sp³-hybridized carbons (Fsp3) is 0.526. The van der Waals surface area contributed by atoms with E-state index in [1.165, 1.54) is 29.7 Å². The molecular formula is C19H23NOS. The molecule has 22 heavy (non-hydrogen) atoms. The molecule has 5 rings (SSSR count). The molecule has 2 saturated heterocycles. The Morgan fingerprint density at radius 2 is 1.86 bits per heavy atom. The average Bonchev–Trinajstić information content (AvgIpc) is 3.00. The van der Waals surface area contributed by atoms with E-state index in [9.17, 15) is 0 Å². The normalized spacial score (nSPS) is 30.6. The van der Waals surface area contributed by atoms with Gasteiger partial charge < -0.3 is 4.74 Å². The van der Waals surface area contributed by atoms with Crippen LogP contribution in [-0.2, 0) is 10.3 Å². The lowest BCUT2D eigenvalue weighted by Crippen LogP contribution is -2.48. The zero-order valence-corrected chi connectivity index (χ0v) is 14.2. The van der Waals surface area contributed by atoms with Crippen LogP contribution in [0.25, 0.3) is 11.3 Å². The van der Waals surface area contributed by atoms with Crippen molar-refractivity contribution >= 4 is 11.3 Å². The number of aromatic nitrogens is 1. The number of rotatable bonds is 3. The SMILES string of the molecule is CCC12CCC(c3sc(C)nc3-c3ccccc3)(CC1)OC2. The summed E-state index contributed by atoms with van der Waals surface area (Å²) in [5, 5.41) is 1.14. The maximum Gasteiger partial charge on any atom is 0.105 e. The molecule has 2 nitrogen and oxygen atoms in total. The Morgan fingerprint density at radius 3 is 2.45 bits per heavy atom. The van der Waals surface area contributed by atoms with Crippen LogP contribution in [0.5, 0.6) is 0 Å². The van der Waals surface area contributed by atoms with Gasteiger partial charge in [-0.05, 0) is 44.4 Å². The van der Waals surface area contributed by atoms with Crippen molar-refractivity contribution in [2.45, 2.75) is 51.6 Å². The summed E-state index contributed by atoms with van der Waals surface area (Å²) in [6, 6.07) is 10.6. The first-order valence-corrected chi connectivity index (χ1v) is 9.15. The summed E-state index contributed by atoms with van der Waals surface area (Å²) in [6.07, 6.45) is 6.16. The molecule has 0 spiro atoms. The molecular weight excluding hydrogens is 290 g/mol. The van der Waals surface area contributed by atoms with Crippen molar-refractivity contribution in [3.63, 3.8) is 0 Å². The highest BCUT2D eigenvalue weighted by Gasteiger charge is 2.51. The molecule has 1 aromatic carbocycles. The molecule has 3 heteroatoms. The van der Waals surface area contributed by atoms with Crippen LogP contribution in [0.2, 0.25) is 0 Å². The number of fused-ring (bicyclic) bond motifs is 3. The highest BCUT2D eigenvalue weighted by molar-refractivity contribution is 7.12. The molecule has 0 amide bonds. The molecule has 3 aliphatic rings. The van der Waals surface area contributed by atoms with Crippen LogP contribution in [0, 0.1) is 12.3 Å². The van der Waals surface area contributed by atoms with Gasteiger partial charge in [0.1, 0.15) is 5.60 Å². The Kier molecular flexibility index (Phi) is 3.39. The van der Waals surface area contributed by atoms with Gasteiger partial charge in [0.15, 0.2) is 0 Å². The Hall–Kier alpha value is -1.19. The summed E-state index contributed by atoms with van der Waals surface area (Å²) in [5.41, 5.74) is 2.74. The van der Waals surface area contributed by atoms with Crippen molar-refractivity contribution in [3.05, 3.63) is 40.2 Å². The summed E-state index contributed by atoms with van der Waals surface area (Å²) in [7, 11) is 0. The molecule has 116 valence electrons. The first-order chi connectivity index (χ1) is 10.7. The van der Waals surface area contributed by atoms with Gasteiger partial charge in [0.05, 0.1) is 22.2 Å². The van der Waals surface area contributed by atoms with E-state index in [0.29, 0.717) is 5.41 Å². The van der Waals surface area contributed by atoms with Crippen molar-refractivity contribution in [1.82, 2.24) is 4.98 Å². The van der Waals surface area contributed by atoms with Gasteiger partial charge in [-0.2, -0.15) is 0 Å². The highest BCUT2D eigenvalue weighted by Crippen LogP contribution is 2.57. The third-order valence-corrected chi connectivity index (χ3v) is 6.87. The van der Waals surface area contributed by atoms with Gasteiger partial charge in [0.2, 0.25) is 0 Å². The summed E-state index contributed by atoms with van der Waals surface area (Å²) < 4.78 is 6.49. The molecule has 0 radical (unpaired) electrons. The number of aryl methyl sites for hydroxylation is 1. The largest absolute Gasteiger partial charge is 0.369 e. The number of ether oxygens (including phenoxy) is 1. The van der Waals surface area contributed by atoms with Gasteiger partial charge in [-0.25, -0.2) is 4.98 Å². The Morgan fingerprint density at radius 1 is 1.14 bits per heavy atom. The van der Waals surface area contributed by atoms with E-state index >= 15 is 0 Å². The van der Waals surface area contributed by atoms with Crippen LogP contribution in [-0.4, -0.2) is 11.6 Å². The van der Waals surface area contributed by atoms with Crippen LogP contribution in [0.1, 0.15) is 48.9 Å². The minimum atomic E-state index is -0.0754. The number of hydrogen-bond acceptors (Lipinski definition) is 3. The zero-order valence-electron chi connectivity index (χ0n) is 13.4. The average molecular weight is 313 g/mol. The van der Waals surface area contributed by atoms with Crippen LogP contribution >= 0.6 is 11.3 Å². The maximum absolute atomic E-state index is 6.49. The highest BCUT2D eigenvalue weighted by atomic mass is 32.1. The molecule has 1 saturated carbocycles. The minimum Gasteiger partial charge on any atom is -0.369 e. The molecule has 3 heterocycles. The molecule has 0 atom stereocenters. The zero-order chi connectivity index (χ0) is 15.2. The van der Waals surface area contributed by atoms with Crippen molar-refractivity contribution in [2.24, 2.45) is 5.41 Å². The van der Waals surface area contributed by atoms with Crippen molar-refractivity contribution in [2.75, 3.05) is 6.61 Å². The second-order valence-electron chi connectivity index (χ2n) is 6.91. The molecule has 2 aliphatic heterocycles. The Bertz CT molecular complexity index is 651.